The molecule has 0 saturated carbocycles. The molecule has 3 heterocycles. The lowest BCUT2D eigenvalue weighted by Crippen LogP contribution is -2.55. The molecule has 0 radical (unpaired) electrons. The molecule has 26 heavy (non-hydrogen) atoms. The second-order valence-electron chi connectivity index (χ2n) is 8.81. The maximum absolute atomic E-state index is 12.4. The van der Waals surface area contributed by atoms with Crippen LogP contribution in [0.3, 0.4) is 0 Å². The van der Waals surface area contributed by atoms with Crippen molar-refractivity contribution in [3.63, 3.8) is 0 Å². The van der Waals surface area contributed by atoms with Crippen LogP contribution in [-0.4, -0.2) is 52.0 Å². The number of nitrogens with zero attached hydrogens (tertiary/aromatic N) is 1. The van der Waals surface area contributed by atoms with Gasteiger partial charge in [-0.1, -0.05) is 20.8 Å². The number of aliphatic hydroxyl groups excluding tert-OH is 1. The van der Waals surface area contributed by atoms with Crippen molar-refractivity contribution in [3.8, 4) is 0 Å². The fraction of sp³-hybridized carbons (Fsp3) is 0.789. The van der Waals surface area contributed by atoms with Gasteiger partial charge in [-0.2, -0.15) is 5.16 Å². The molecule has 2 N–H and O–H groups in total. The van der Waals surface area contributed by atoms with Crippen LogP contribution in [0.2, 0.25) is 0 Å². The number of carbonyl (C=O) groups excluding carboxylic acids is 1. The van der Waals surface area contributed by atoms with Crippen molar-refractivity contribution in [2.75, 3.05) is 13.1 Å². The number of hydrogen-bond donors (Lipinski definition) is 2. The van der Waals surface area contributed by atoms with Crippen LogP contribution in [0.15, 0.2) is 15.4 Å². The highest BCUT2D eigenvalue weighted by Gasteiger charge is 2.46. The number of amides is 1. The standard InChI is InChI=1S/C19H30N2O5/c1-18(2,3)15-10-13(22)12-19(25-15)6-8-21(9-7-19)17(24)5-4-14-11-16(23)20-26-14/h11,13,15,22H,4-10,12H2,1-3H3,(H,20,23)/t13-,15-/m1/s1. The molecule has 2 aliphatic rings. The molecule has 2 aliphatic heterocycles. The van der Waals surface area contributed by atoms with E-state index in [1.54, 1.807) is 0 Å². The lowest BCUT2D eigenvalue weighted by Gasteiger charge is -2.50. The van der Waals surface area contributed by atoms with Crippen molar-refractivity contribution >= 4 is 5.91 Å². The van der Waals surface area contributed by atoms with E-state index in [1.807, 2.05) is 4.90 Å². The summed E-state index contributed by atoms with van der Waals surface area (Å²) in [6.45, 7) is 7.70. The first-order valence-electron chi connectivity index (χ1n) is 9.48. The van der Waals surface area contributed by atoms with Crippen molar-refractivity contribution in [1.29, 1.82) is 0 Å². The van der Waals surface area contributed by atoms with Gasteiger partial charge in [0.05, 0.1) is 17.8 Å². The van der Waals surface area contributed by atoms with Gasteiger partial charge in [-0.05, 0) is 18.3 Å². The van der Waals surface area contributed by atoms with E-state index in [-0.39, 0.29) is 34.7 Å². The summed E-state index contributed by atoms with van der Waals surface area (Å²) in [7, 11) is 0. The second kappa shape index (κ2) is 7.19. The van der Waals surface area contributed by atoms with Crippen LogP contribution in [0.4, 0.5) is 0 Å². The molecule has 0 bridgehead atoms. The number of likely N-dealkylation sites (tertiary alicyclic amines) is 1. The maximum Gasteiger partial charge on any atom is 0.280 e. The largest absolute Gasteiger partial charge is 0.393 e. The van der Waals surface area contributed by atoms with Crippen molar-refractivity contribution in [2.24, 2.45) is 5.41 Å². The third-order valence-electron chi connectivity index (χ3n) is 5.64. The van der Waals surface area contributed by atoms with Gasteiger partial charge in [0.2, 0.25) is 5.91 Å². The topological polar surface area (TPSA) is 95.8 Å². The van der Waals surface area contributed by atoms with E-state index in [4.69, 9.17) is 9.26 Å². The Morgan fingerprint density at radius 1 is 1.38 bits per heavy atom. The summed E-state index contributed by atoms with van der Waals surface area (Å²) in [5.74, 6) is 0.566. The zero-order chi connectivity index (χ0) is 18.9. The average molecular weight is 366 g/mol. The normalized spacial score (nSPS) is 26.2. The van der Waals surface area contributed by atoms with Crippen LogP contribution in [0.25, 0.3) is 0 Å². The van der Waals surface area contributed by atoms with Crippen LogP contribution < -0.4 is 5.56 Å². The Bertz CT molecular complexity index is 679. The number of aromatic nitrogens is 1. The van der Waals surface area contributed by atoms with Crippen molar-refractivity contribution < 1.29 is 19.2 Å². The van der Waals surface area contributed by atoms with Gasteiger partial charge in [0, 0.05) is 44.8 Å². The fourth-order valence-electron chi connectivity index (χ4n) is 4.01. The Morgan fingerprint density at radius 3 is 2.65 bits per heavy atom. The first-order chi connectivity index (χ1) is 12.2. The number of aliphatic hydroxyl groups is 1. The Labute approximate surface area is 153 Å². The first kappa shape index (κ1) is 19.2. The van der Waals surface area contributed by atoms with E-state index in [0.29, 0.717) is 44.5 Å². The van der Waals surface area contributed by atoms with Gasteiger partial charge < -0.3 is 19.3 Å². The summed E-state index contributed by atoms with van der Waals surface area (Å²) >= 11 is 0. The maximum atomic E-state index is 12.4. The number of rotatable bonds is 3. The smallest absolute Gasteiger partial charge is 0.280 e. The van der Waals surface area contributed by atoms with Crippen molar-refractivity contribution in [1.82, 2.24) is 10.1 Å². The molecule has 3 rings (SSSR count). The molecule has 2 atom stereocenters. The Balaban J connectivity index is 1.54. The monoisotopic (exact) mass is 366 g/mol. The van der Waals surface area contributed by atoms with Crippen LogP contribution in [0.5, 0.6) is 0 Å². The molecular weight excluding hydrogens is 336 g/mol. The molecule has 0 aliphatic carbocycles. The molecule has 1 aromatic rings. The highest BCUT2D eigenvalue weighted by molar-refractivity contribution is 5.76. The Kier molecular flexibility index (Phi) is 5.30. The fourth-order valence-corrected chi connectivity index (χ4v) is 4.01. The van der Waals surface area contributed by atoms with E-state index < -0.39 is 0 Å². The van der Waals surface area contributed by atoms with Crippen LogP contribution in [0, 0.1) is 5.41 Å². The third-order valence-corrected chi connectivity index (χ3v) is 5.64. The molecule has 2 saturated heterocycles. The molecule has 1 spiro atoms. The van der Waals surface area contributed by atoms with Gasteiger partial charge in [0.1, 0.15) is 5.76 Å². The van der Waals surface area contributed by atoms with Crippen LogP contribution in [-0.2, 0) is 16.0 Å². The minimum absolute atomic E-state index is 0.0121. The average Bonchev–Trinajstić information content (AvgIpc) is 2.97. The molecule has 0 unspecified atom stereocenters. The van der Waals surface area contributed by atoms with E-state index in [2.05, 4.69) is 25.9 Å². The van der Waals surface area contributed by atoms with Gasteiger partial charge in [-0.3, -0.25) is 9.59 Å². The summed E-state index contributed by atoms with van der Waals surface area (Å²) in [4.78, 5) is 25.3. The quantitative estimate of drug-likeness (QED) is 0.851. The number of ether oxygens (including phenoxy) is 1. The highest BCUT2D eigenvalue weighted by atomic mass is 16.5. The zero-order valence-corrected chi connectivity index (χ0v) is 15.9. The third kappa shape index (κ3) is 4.38. The lowest BCUT2D eigenvalue weighted by molar-refractivity contribution is -0.207. The zero-order valence-electron chi connectivity index (χ0n) is 15.9. The second-order valence-corrected chi connectivity index (χ2v) is 8.81. The number of carbonyl (C=O) groups is 1. The first-order valence-corrected chi connectivity index (χ1v) is 9.48. The van der Waals surface area contributed by atoms with Crippen molar-refractivity contribution in [3.05, 3.63) is 22.2 Å². The predicted octanol–water partition coefficient (Wildman–Crippen LogP) is 1.85. The number of nitrogens with one attached hydrogen (secondary N) is 1. The number of aromatic amines is 1. The summed E-state index contributed by atoms with van der Waals surface area (Å²) < 4.78 is 11.4. The predicted molar refractivity (Wildman–Crippen MR) is 95.8 cm³/mol. The molecular formula is C19H30N2O5. The molecule has 7 heteroatoms. The SMILES string of the molecule is CC(C)(C)[C@H]1C[C@@H](O)CC2(CCN(C(=O)CCc3cc(=O)[nH]o3)CC2)O1. The number of piperidine rings is 1. The molecule has 2 fully saturated rings. The summed E-state index contributed by atoms with van der Waals surface area (Å²) in [5, 5.41) is 12.6. The van der Waals surface area contributed by atoms with Crippen LogP contribution in [0.1, 0.15) is 58.6 Å². The number of hydrogen-bond acceptors (Lipinski definition) is 5. The van der Waals surface area contributed by atoms with Gasteiger partial charge in [0.15, 0.2) is 0 Å². The number of H-pyrrole nitrogens is 1. The minimum atomic E-state index is -0.341. The van der Waals surface area contributed by atoms with Crippen LogP contribution >= 0.6 is 0 Å². The molecule has 7 nitrogen and oxygen atoms in total. The van der Waals surface area contributed by atoms with E-state index in [0.717, 1.165) is 12.8 Å². The summed E-state index contributed by atoms with van der Waals surface area (Å²) in [6.07, 6.45) is 3.26. The van der Waals surface area contributed by atoms with Gasteiger partial charge >= 0.3 is 0 Å². The Morgan fingerprint density at radius 2 is 2.08 bits per heavy atom. The van der Waals surface area contributed by atoms with E-state index in [1.165, 1.54) is 6.07 Å². The van der Waals surface area contributed by atoms with E-state index in [9.17, 15) is 14.7 Å². The van der Waals surface area contributed by atoms with Gasteiger partial charge in [-0.15, -0.1) is 0 Å². The highest BCUT2D eigenvalue weighted by Crippen LogP contribution is 2.42. The molecule has 1 aromatic heterocycles. The lowest BCUT2D eigenvalue weighted by atomic mass is 9.76. The van der Waals surface area contributed by atoms with Crippen molar-refractivity contribution in [2.45, 2.75) is 77.1 Å². The van der Waals surface area contributed by atoms with Gasteiger partial charge in [0.25, 0.3) is 5.56 Å². The van der Waals surface area contributed by atoms with E-state index >= 15 is 0 Å². The van der Waals surface area contributed by atoms with Gasteiger partial charge in [-0.25, -0.2) is 0 Å². The molecule has 146 valence electrons. The molecule has 0 aromatic carbocycles. The summed E-state index contributed by atoms with van der Waals surface area (Å²) in [6, 6.07) is 1.38. The number of aryl methyl sites for hydroxylation is 1. The Hall–Kier alpha value is -1.60. The minimum Gasteiger partial charge on any atom is -0.393 e. The summed E-state index contributed by atoms with van der Waals surface area (Å²) in [5.41, 5.74) is -0.615. The molecule has 1 amide bonds.